The van der Waals surface area contributed by atoms with E-state index in [0.29, 0.717) is 12.3 Å². The smallest absolute Gasteiger partial charge is 0.252 e. The van der Waals surface area contributed by atoms with Gasteiger partial charge in [-0.15, -0.1) is 0 Å². The maximum Gasteiger partial charge on any atom is 0.252 e. The van der Waals surface area contributed by atoms with Gasteiger partial charge in [0.2, 0.25) is 0 Å². The number of fused-ring (bicyclic) bond motifs is 1. The van der Waals surface area contributed by atoms with Gasteiger partial charge in [0.1, 0.15) is 5.82 Å². The number of aryl methyl sites for hydroxylation is 2. The molecule has 2 N–H and O–H groups in total. The average molecular weight is 177 g/mol. The highest BCUT2D eigenvalue weighted by Crippen LogP contribution is 2.04. The van der Waals surface area contributed by atoms with Crippen molar-refractivity contribution >= 4 is 5.78 Å². The first-order chi connectivity index (χ1) is 6.20. The maximum absolute atomic E-state index is 5.50. The number of aromatic nitrogens is 4. The Morgan fingerprint density at radius 2 is 2.15 bits per heavy atom. The summed E-state index contributed by atoms with van der Waals surface area (Å²) in [5.74, 6) is 1.35. The van der Waals surface area contributed by atoms with E-state index >= 15 is 0 Å². The Bertz CT molecular complexity index is 445. The molecule has 5 nitrogen and oxygen atoms in total. The molecule has 0 fully saturated rings. The molecule has 0 aliphatic rings. The molecular formula is C8H11N5. The Morgan fingerprint density at radius 1 is 1.38 bits per heavy atom. The first-order valence-corrected chi connectivity index (χ1v) is 4.10. The minimum atomic E-state index is 0.434. The van der Waals surface area contributed by atoms with Gasteiger partial charge >= 0.3 is 0 Å². The maximum atomic E-state index is 5.50. The topological polar surface area (TPSA) is 69.1 Å². The van der Waals surface area contributed by atoms with Crippen molar-refractivity contribution in [3.63, 3.8) is 0 Å². The fraction of sp³-hybridized carbons (Fsp3) is 0.375. The Labute approximate surface area is 75.6 Å². The van der Waals surface area contributed by atoms with Crippen molar-refractivity contribution in [1.82, 2.24) is 19.6 Å². The molecule has 0 aliphatic heterocycles. The molecule has 2 heterocycles. The lowest BCUT2D eigenvalue weighted by molar-refractivity contribution is 0.854. The first-order valence-electron chi connectivity index (χ1n) is 4.10. The summed E-state index contributed by atoms with van der Waals surface area (Å²) in [4.78, 5) is 8.41. The van der Waals surface area contributed by atoms with Crippen LogP contribution in [0, 0.1) is 13.8 Å². The van der Waals surface area contributed by atoms with Crippen molar-refractivity contribution in [2.24, 2.45) is 5.73 Å². The zero-order valence-corrected chi connectivity index (χ0v) is 7.65. The molecule has 0 atom stereocenters. The normalized spacial score (nSPS) is 11.0. The van der Waals surface area contributed by atoms with Gasteiger partial charge in [-0.25, -0.2) is 9.50 Å². The summed E-state index contributed by atoms with van der Waals surface area (Å²) in [7, 11) is 0. The summed E-state index contributed by atoms with van der Waals surface area (Å²) >= 11 is 0. The van der Waals surface area contributed by atoms with Gasteiger partial charge in [0, 0.05) is 12.2 Å². The molecule has 68 valence electrons. The Balaban J connectivity index is 2.75. The number of hydrogen-bond acceptors (Lipinski definition) is 4. The third-order valence-corrected chi connectivity index (χ3v) is 1.86. The highest BCUT2D eigenvalue weighted by molar-refractivity contribution is 5.30. The van der Waals surface area contributed by atoms with E-state index in [4.69, 9.17) is 5.73 Å². The van der Waals surface area contributed by atoms with Gasteiger partial charge in [-0.2, -0.15) is 10.1 Å². The van der Waals surface area contributed by atoms with E-state index in [0.717, 1.165) is 17.2 Å². The summed E-state index contributed by atoms with van der Waals surface area (Å²) in [5.41, 5.74) is 7.35. The van der Waals surface area contributed by atoms with E-state index in [-0.39, 0.29) is 0 Å². The summed E-state index contributed by atoms with van der Waals surface area (Å²) in [5, 5.41) is 4.19. The highest BCUT2D eigenvalue weighted by Gasteiger charge is 2.04. The fourth-order valence-electron chi connectivity index (χ4n) is 1.28. The largest absolute Gasteiger partial charge is 0.325 e. The lowest BCUT2D eigenvalue weighted by Gasteiger charge is -1.99. The SMILES string of the molecule is Cc1nc2nc(CN)cc(C)n2n1. The molecule has 0 saturated heterocycles. The second kappa shape index (κ2) is 2.77. The van der Waals surface area contributed by atoms with Crippen molar-refractivity contribution in [2.45, 2.75) is 20.4 Å². The molecule has 5 heteroatoms. The van der Waals surface area contributed by atoms with Crippen LogP contribution < -0.4 is 5.73 Å². The van der Waals surface area contributed by atoms with E-state index < -0.39 is 0 Å². The van der Waals surface area contributed by atoms with Gasteiger partial charge in [0.25, 0.3) is 5.78 Å². The van der Waals surface area contributed by atoms with E-state index in [9.17, 15) is 0 Å². The second-order valence-electron chi connectivity index (χ2n) is 2.96. The van der Waals surface area contributed by atoms with Crippen molar-refractivity contribution in [3.05, 3.63) is 23.3 Å². The molecule has 0 aliphatic carbocycles. The van der Waals surface area contributed by atoms with E-state index in [1.807, 2.05) is 19.9 Å². The Hall–Kier alpha value is -1.49. The van der Waals surface area contributed by atoms with Crippen molar-refractivity contribution < 1.29 is 0 Å². The molecule has 2 rings (SSSR count). The minimum absolute atomic E-state index is 0.434. The Kier molecular flexibility index (Phi) is 1.73. The minimum Gasteiger partial charge on any atom is -0.325 e. The third-order valence-electron chi connectivity index (χ3n) is 1.86. The summed E-state index contributed by atoms with van der Waals surface area (Å²) in [6.45, 7) is 4.24. The van der Waals surface area contributed by atoms with Crippen LogP contribution in [0.4, 0.5) is 0 Å². The van der Waals surface area contributed by atoms with Crippen LogP contribution in [0.5, 0.6) is 0 Å². The molecule has 0 radical (unpaired) electrons. The third kappa shape index (κ3) is 1.27. The van der Waals surface area contributed by atoms with Crippen LogP contribution in [0.3, 0.4) is 0 Å². The van der Waals surface area contributed by atoms with Gasteiger partial charge in [-0.1, -0.05) is 0 Å². The fourth-order valence-corrected chi connectivity index (χ4v) is 1.28. The number of nitrogens with two attached hydrogens (primary N) is 1. The number of nitrogens with zero attached hydrogens (tertiary/aromatic N) is 4. The van der Waals surface area contributed by atoms with Crippen molar-refractivity contribution in [2.75, 3.05) is 0 Å². The van der Waals surface area contributed by atoms with Crippen LogP contribution in [0.25, 0.3) is 5.78 Å². The van der Waals surface area contributed by atoms with E-state index in [2.05, 4.69) is 15.1 Å². The van der Waals surface area contributed by atoms with Crippen LogP contribution in [0.1, 0.15) is 17.2 Å². The van der Waals surface area contributed by atoms with Gasteiger partial charge < -0.3 is 5.73 Å². The highest BCUT2D eigenvalue weighted by atomic mass is 15.3. The van der Waals surface area contributed by atoms with Crippen molar-refractivity contribution in [1.29, 1.82) is 0 Å². The van der Waals surface area contributed by atoms with Gasteiger partial charge in [0.05, 0.1) is 5.69 Å². The molecule has 2 aromatic heterocycles. The molecule has 0 bridgehead atoms. The van der Waals surface area contributed by atoms with Crippen molar-refractivity contribution in [3.8, 4) is 0 Å². The summed E-state index contributed by atoms with van der Waals surface area (Å²) < 4.78 is 1.72. The van der Waals surface area contributed by atoms with Crippen LogP contribution in [0.15, 0.2) is 6.07 Å². The lowest BCUT2D eigenvalue weighted by atomic mass is 10.3. The second-order valence-corrected chi connectivity index (χ2v) is 2.96. The Morgan fingerprint density at radius 3 is 2.85 bits per heavy atom. The predicted molar refractivity (Wildman–Crippen MR) is 48.1 cm³/mol. The average Bonchev–Trinajstić information content (AvgIpc) is 2.46. The monoisotopic (exact) mass is 177 g/mol. The summed E-state index contributed by atoms with van der Waals surface area (Å²) in [6, 6.07) is 1.92. The molecule has 0 unspecified atom stereocenters. The van der Waals surface area contributed by atoms with Crippen LogP contribution in [-0.4, -0.2) is 19.6 Å². The lowest BCUT2D eigenvalue weighted by Crippen LogP contribution is -2.04. The quantitative estimate of drug-likeness (QED) is 0.675. The van der Waals surface area contributed by atoms with Gasteiger partial charge in [-0.3, -0.25) is 0 Å². The van der Waals surface area contributed by atoms with Crippen LogP contribution in [0.2, 0.25) is 0 Å². The van der Waals surface area contributed by atoms with Crippen LogP contribution in [-0.2, 0) is 6.54 Å². The van der Waals surface area contributed by atoms with E-state index in [1.165, 1.54) is 0 Å². The zero-order valence-electron chi connectivity index (χ0n) is 7.65. The molecule has 0 amide bonds. The van der Waals surface area contributed by atoms with E-state index in [1.54, 1.807) is 4.52 Å². The molecular weight excluding hydrogens is 166 g/mol. The van der Waals surface area contributed by atoms with Gasteiger partial charge in [-0.05, 0) is 19.9 Å². The standard InChI is InChI=1S/C8H11N5/c1-5-3-7(4-9)11-8-10-6(2)12-13(5)8/h3H,4,9H2,1-2H3. The molecule has 0 spiro atoms. The zero-order chi connectivity index (χ0) is 9.42. The summed E-state index contributed by atoms with van der Waals surface area (Å²) in [6.07, 6.45) is 0. The number of hydrogen-bond donors (Lipinski definition) is 1. The molecule has 0 saturated carbocycles. The number of rotatable bonds is 1. The van der Waals surface area contributed by atoms with Gasteiger partial charge in [0.15, 0.2) is 0 Å². The predicted octanol–water partition coefficient (Wildman–Crippen LogP) is 0.200. The molecule has 2 aromatic rings. The molecule has 13 heavy (non-hydrogen) atoms. The van der Waals surface area contributed by atoms with Crippen LogP contribution >= 0.6 is 0 Å². The molecule has 0 aromatic carbocycles. The first kappa shape index (κ1) is 8.12.